The fraction of sp³-hybridized carbons (Fsp3) is 0.222. The summed E-state index contributed by atoms with van der Waals surface area (Å²) in [5, 5.41) is 0. The molecular formula is C27H28O7. The summed E-state index contributed by atoms with van der Waals surface area (Å²) in [6, 6.07) is 14.6. The van der Waals surface area contributed by atoms with Gasteiger partial charge in [-0.05, 0) is 48.2 Å². The van der Waals surface area contributed by atoms with E-state index < -0.39 is 17.9 Å². The van der Waals surface area contributed by atoms with Crippen LogP contribution >= 0.6 is 0 Å². The molecule has 2 rings (SSSR count). The Morgan fingerprint density at radius 3 is 1.97 bits per heavy atom. The maximum atomic E-state index is 12.0. The molecule has 0 bridgehead atoms. The Morgan fingerprint density at radius 1 is 0.853 bits per heavy atom. The minimum atomic E-state index is -0.674. The topological polar surface area (TPSA) is 88.1 Å². The molecular weight excluding hydrogens is 436 g/mol. The smallest absolute Gasteiger partial charge is 0.339 e. The number of carbonyl (C=O) groups is 3. The molecule has 178 valence electrons. The number of benzene rings is 2. The second kappa shape index (κ2) is 14.1. The third-order valence-electron chi connectivity index (χ3n) is 4.53. The first-order chi connectivity index (χ1) is 16.4. The molecule has 0 aliphatic heterocycles. The number of hydrogen-bond donors (Lipinski definition) is 0. The molecule has 0 heterocycles. The average molecular weight is 465 g/mol. The van der Waals surface area contributed by atoms with E-state index in [2.05, 4.69) is 17.9 Å². The SMILES string of the molecule is C=CC(=O)OCCCCOc1ccc(/C=C/c2ccc(OC(=O)C(=C)CC(=O)OC)cc2)cc1. The molecule has 7 nitrogen and oxygen atoms in total. The van der Waals surface area contributed by atoms with E-state index in [1.54, 1.807) is 12.1 Å². The van der Waals surface area contributed by atoms with Crippen LogP contribution in [0.25, 0.3) is 12.2 Å². The van der Waals surface area contributed by atoms with Crippen molar-refractivity contribution < 1.29 is 33.3 Å². The zero-order valence-electron chi connectivity index (χ0n) is 19.2. The zero-order chi connectivity index (χ0) is 24.8. The monoisotopic (exact) mass is 464 g/mol. The molecule has 0 aliphatic carbocycles. The Labute approximate surface area is 199 Å². The second-order valence-electron chi connectivity index (χ2n) is 7.14. The van der Waals surface area contributed by atoms with Crippen LogP contribution in [-0.2, 0) is 23.9 Å². The summed E-state index contributed by atoms with van der Waals surface area (Å²) in [6.45, 7) is 7.78. The molecule has 34 heavy (non-hydrogen) atoms. The van der Waals surface area contributed by atoms with E-state index >= 15 is 0 Å². The Morgan fingerprint density at radius 2 is 1.41 bits per heavy atom. The van der Waals surface area contributed by atoms with Gasteiger partial charge in [-0.2, -0.15) is 0 Å². The molecule has 0 atom stereocenters. The van der Waals surface area contributed by atoms with Gasteiger partial charge in [0.15, 0.2) is 0 Å². The Balaban J connectivity index is 1.77. The number of carbonyl (C=O) groups excluding carboxylic acids is 3. The van der Waals surface area contributed by atoms with E-state index in [9.17, 15) is 14.4 Å². The number of methoxy groups -OCH3 is 1. The first-order valence-electron chi connectivity index (χ1n) is 10.7. The fourth-order valence-corrected chi connectivity index (χ4v) is 2.64. The minimum Gasteiger partial charge on any atom is -0.494 e. The van der Waals surface area contributed by atoms with Crippen molar-refractivity contribution >= 4 is 30.1 Å². The third-order valence-corrected chi connectivity index (χ3v) is 4.53. The normalized spacial score (nSPS) is 10.4. The van der Waals surface area contributed by atoms with Gasteiger partial charge in [0.25, 0.3) is 0 Å². The van der Waals surface area contributed by atoms with Crippen LogP contribution in [-0.4, -0.2) is 38.2 Å². The third kappa shape index (κ3) is 9.56. The van der Waals surface area contributed by atoms with Gasteiger partial charge in [-0.25, -0.2) is 9.59 Å². The second-order valence-corrected chi connectivity index (χ2v) is 7.14. The highest BCUT2D eigenvalue weighted by Gasteiger charge is 2.14. The predicted molar refractivity (Wildman–Crippen MR) is 129 cm³/mol. The van der Waals surface area contributed by atoms with Gasteiger partial charge in [-0.3, -0.25) is 4.79 Å². The summed E-state index contributed by atoms with van der Waals surface area (Å²) in [6.07, 6.45) is 6.32. The lowest BCUT2D eigenvalue weighted by Gasteiger charge is -2.07. The molecule has 0 unspecified atom stereocenters. The van der Waals surface area contributed by atoms with Gasteiger partial charge in [-0.15, -0.1) is 0 Å². The zero-order valence-corrected chi connectivity index (χ0v) is 19.2. The lowest BCUT2D eigenvalue weighted by molar-refractivity contribution is -0.141. The molecule has 0 fully saturated rings. The first-order valence-corrected chi connectivity index (χ1v) is 10.7. The number of hydrogen-bond acceptors (Lipinski definition) is 7. The summed E-state index contributed by atoms with van der Waals surface area (Å²) in [5.74, 6) is -0.519. The average Bonchev–Trinajstić information content (AvgIpc) is 2.86. The molecule has 0 saturated carbocycles. The van der Waals surface area contributed by atoms with Gasteiger partial charge in [-0.1, -0.05) is 49.6 Å². The molecule has 7 heteroatoms. The molecule has 0 radical (unpaired) electrons. The highest BCUT2D eigenvalue weighted by atomic mass is 16.5. The summed E-state index contributed by atoms with van der Waals surface area (Å²) in [4.78, 5) is 34.1. The van der Waals surface area contributed by atoms with Crippen molar-refractivity contribution in [3.05, 3.63) is 84.5 Å². The van der Waals surface area contributed by atoms with Crippen molar-refractivity contribution in [1.29, 1.82) is 0 Å². The lowest BCUT2D eigenvalue weighted by Crippen LogP contribution is -2.14. The molecule has 2 aromatic carbocycles. The van der Waals surface area contributed by atoms with Crippen molar-refractivity contribution in [2.45, 2.75) is 19.3 Å². The Hall–Kier alpha value is -4.13. The van der Waals surface area contributed by atoms with Crippen molar-refractivity contribution in [2.24, 2.45) is 0 Å². The predicted octanol–water partition coefficient (Wildman–Crippen LogP) is 4.77. The number of ether oxygens (including phenoxy) is 4. The number of esters is 3. The van der Waals surface area contributed by atoms with E-state index in [1.165, 1.54) is 7.11 Å². The molecule has 0 aliphatic rings. The maximum Gasteiger partial charge on any atom is 0.339 e. The highest BCUT2D eigenvalue weighted by Crippen LogP contribution is 2.18. The largest absolute Gasteiger partial charge is 0.494 e. The van der Waals surface area contributed by atoms with Crippen LogP contribution in [0.1, 0.15) is 30.4 Å². The highest BCUT2D eigenvalue weighted by molar-refractivity contribution is 5.94. The summed E-state index contributed by atoms with van der Waals surface area (Å²) in [5.41, 5.74) is 1.95. The van der Waals surface area contributed by atoms with Crippen LogP contribution in [0.5, 0.6) is 11.5 Å². The summed E-state index contributed by atoms with van der Waals surface area (Å²) >= 11 is 0. The van der Waals surface area contributed by atoms with Crippen LogP contribution < -0.4 is 9.47 Å². The quantitative estimate of drug-likeness (QED) is 0.139. The van der Waals surface area contributed by atoms with Gasteiger partial charge in [0.05, 0.1) is 26.7 Å². The minimum absolute atomic E-state index is 0.0253. The van der Waals surface area contributed by atoms with Crippen molar-refractivity contribution in [1.82, 2.24) is 0 Å². The molecule has 0 amide bonds. The van der Waals surface area contributed by atoms with E-state index in [4.69, 9.17) is 14.2 Å². The molecule has 0 saturated heterocycles. The van der Waals surface area contributed by atoms with Crippen molar-refractivity contribution in [2.75, 3.05) is 20.3 Å². The van der Waals surface area contributed by atoms with E-state index in [0.29, 0.717) is 19.0 Å². The molecule has 0 N–H and O–H groups in total. The lowest BCUT2D eigenvalue weighted by atomic mass is 10.1. The summed E-state index contributed by atoms with van der Waals surface area (Å²) < 4.78 is 20.3. The van der Waals surface area contributed by atoms with Crippen LogP contribution in [0.3, 0.4) is 0 Å². The standard InChI is InChI=1S/C27H28O7/c1-4-25(28)33-18-6-5-17-32-23-13-9-21(10-14-23)7-8-22-11-15-24(16-12-22)34-27(30)20(2)19-26(29)31-3/h4,7-16H,1-2,5-6,17-19H2,3H3/b8-7+. The molecule has 0 aromatic heterocycles. The van der Waals surface area contributed by atoms with Crippen LogP contribution in [0.4, 0.5) is 0 Å². The maximum absolute atomic E-state index is 12.0. The van der Waals surface area contributed by atoms with Crippen LogP contribution in [0.15, 0.2) is 73.3 Å². The summed E-state index contributed by atoms with van der Waals surface area (Å²) in [7, 11) is 1.24. The first kappa shape index (κ1) is 26.1. The van der Waals surface area contributed by atoms with Crippen molar-refractivity contribution in [3.63, 3.8) is 0 Å². The van der Waals surface area contributed by atoms with E-state index in [-0.39, 0.29) is 12.0 Å². The van der Waals surface area contributed by atoms with Gasteiger partial charge in [0, 0.05) is 11.6 Å². The Kier molecular flexibility index (Phi) is 10.8. The van der Waals surface area contributed by atoms with Crippen LogP contribution in [0.2, 0.25) is 0 Å². The van der Waals surface area contributed by atoms with Gasteiger partial charge < -0.3 is 18.9 Å². The molecule has 2 aromatic rings. The van der Waals surface area contributed by atoms with Gasteiger partial charge in [0.2, 0.25) is 0 Å². The van der Waals surface area contributed by atoms with Crippen molar-refractivity contribution in [3.8, 4) is 11.5 Å². The molecule has 0 spiro atoms. The van der Waals surface area contributed by atoms with Gasteiger partial charge in [0.1, 0.15) is 11.5 Å². The van der Waals surface area contributed by atoms with Gasteiger partial charge >= 0.3 is 17.9 Å². The number of rotatable bonds is 13. The fourth-order valence-electron chi connectivity index (χ4n) is 2.64. The van der Waals surface area contributed by atoms with E-state index in [0.717, 1.165) is 35.8 Å². The Bertz CT molecular complexity index is 1020. The van der Waals surface area contributed by atoms with Crippen LogP contribution in [0, 0.1) is 0 Å². The van der Waals surface area contributed by atoms with E-state index in [1.807, 2.05) is 48.6 Å². The number of unbranched alkanes of at least 4 members (excludes halogenated alkanes) is 1.